The van der Waals surface area contributed by atoms with Gasteiger partial charge in [-0.15, -0.1) is 0 Å². The highest BCUT2D eigenvalue weighted by Gasteiger charge is 2.08. The maximum Gasteiger partial charge on any atom is 0.358 e. The Morgan fingerprint density at radius 3 is 2.74 bits per heavy atom. The summed E-state index contributed by atoms with van der Waals surface area (Å²) in [4.78, 5) is 19.0. The number of halogens is 2. The molecule has 1 N–H and O–H groups in total. The molecule has 0 atom stereocenters. The topological polar surface area (TPSA) is 64.1 Å². The highest BCUT2D eigenvalue weighted by atomic mass is 35.5. The van der Waals surface area contributed by atoms with Gasteiger partial charge in [-0.3, -0.25) is 0 Å². The summed E-state index contributed by atoms with van der Waals surface area (Å²) in [5.41, 5.74) is 0.567. The molecule has 1 aromatic carbocycles. The average Bonchev–Trinajstić information content (AvgIpc) is 2.43. The van der Waals surface area contributed by atoms with E-state index in [1.165, 1.54) is 31.6 Å². The Labute approximate surface area is 113 Å². The molecule has 2 aromatic rings. The van der Waals surface area contributed by atoms with Gasteiger partial charge in [-0.05, 0) is 18.2 Å². The summed E-state index contributed by atoms with van der Waals surface area (Å²) in [5.74, 6) is -0.739. The molecular weight excluding hydrogens is 273 g/mol. The molecule has 2 rings (SSSR count). The fraction of sp³-hybridized carbons (Fsp3) is 0.0833. The van der Waals surface area contributed by atoms with E-state index >= 15 is 0 Å². The number of aromatic nitrogens is 2. The van der Waals surface area contributed by atoms with E-state index in [9.17, 15) is 9.18 Å². The Bertz CT molecular complexity index is 604. The fourth-order valence-electron chi connectivity index (χ4n) is 1.32. The number of carbonyl (C=O) groups is 1. The lowest BCUT2D eigenvalue weighted by atomic mass is 10.3. The minimum absolute atomic E-state index is 0.0395. The second kappa shape index (κ2) is 5.62. The number of hydrogen-bond acceptors (Lipinski definition) is 5. The lowest BCUT2D eigenvalue weighted by Crippen LogP contribution is -2.05. The van der Waals surface area contributed by atoms with Crippen molar-refractivity contribution >= 4 is 29.1 Å². The van der Waals surface area contributed by atoms with Gasteiger partial charge < -0.3 is 10.1 Å². The second-order valence-corrected chi connectivity index (χ2v) is 3.94. The molecule has 0 radical (unpaired) electrons. The van der Waals surface area contributed by atoms with Gasteiger partial charge in [0.2, 0.25) is 0 Å². The number of anilines is 2. The molecule has 0 aliphatic carbocycles. The van der Waals surface area contributed by atoms with Crippen LogP contribution in [0.2, 0.25) is 5.02 Å². The molecular formula is C12H9ClFN3O2. The molecule has 0 bridgehead atoms. The van der Waals surface area contributed by atoms with Gasteiger partial charge in [0.05, 0.1) is 24.5 Å². The monoisotopic (exact) mass is 281 g/mol. The first-order chi connectivity index (χ1) is 9.10. The molecule has 1 aromatic heterocycles. The van der Waals surface area contributed by atoms with Gasteiger partial charge in [0.1, 0.15) is 11.6 Å². The van der Waals surface area contributed by atoms with Crippen LogP contribution in [0.4, 0.5) is 15.9 Å². The van der Waals surface area contributed by atoms with Crippen LogP contribution in [0.3, 0.4) is 0 Å². The normalized spacial score (nSPS) is 10.1. The zero-order chi connectivity index (χ0) is 13.8. The van der Waals surface area contributed by atoms with Crippen LogP contribution in [0.1, 0.15) is 10.5 Å². The summed E-state index contributed by atoms with van der Waals surface area (Å²) in [6.07, 6.45) is 2.61. The standard InChI is InChI=1S/C12H9ClFN3O2/c1-19-12(18)10-5-16-11(6-15-10)17-7-2-3-8(13)9(14)4-7/h2-6H,1H3,(H,16,17). The third kappa shape index (κ3) is 3.17. The molecule has 7 heteroatoms. The van der Waals surface area contributed by atoms with Gasteiger partial charge in [0.25, 0.3) is 0 Å². The van der Waals surface area contributed by atoms with E-state index in [1.54, 1.807) is 6.07 Å². The molecule has 0 spiro atoms. The van der Waals surface area contributed by atoms with Gasteiger partial charge in [0, 0.05) is 5.69 Å². The number of esters is 1. The first kappa shape index (κ1) is 13.2. The van der Waals surface area contributed by atoms with Crippen LogP contribution in [0.5, 0.6) is 0 Å². The highest BCUT2D eigenvalue weighted by molar-refractivity contribution is 6.30. The van der Waals surface area contributed by atoms with Crippen molar-refractivity contribution < 1.29 is 13.9 Å². The molecule has 0 unspecified atom stereocenters. The number of nitrogens with one attached hydrogen (secondary N) is 1. The maximum absolute atomic E-state index is 13.2. The minimum Gasteiger partial charge on any atom is -0.464 e. The molecule has 0 aliphatic rings. The summed E-state index contributed by atoms with van der Waals surface area (Å²) < 4.78 is 17.7. The lowest BCUT2D eigenvalue weighted by molar-refractivity contribution is 0.0593. The van der Waals surface area contributed by atoms with Crippen molar-refractivity contribution in [1.29, 1.82) is 0 Å². The average molecular weight is 282 g/mol. The van der Waals surface area contributed by atoms with E-state index in [1.807, 2.05) is 0 Å². The Morgan fingerprint density at radius 1 is 1.37 bits per heavy atom. The first-order valence-corrected chi connectivity index (χ1v) is 5.60. The SMILES string of the molecule is COC(=O)c1cnc(Nc2ccc(Cl)c(F)c2)cn1. The van der Waals surface area contributed by atoms with Gasteiger partial charge in [-0.1, -0.05) is 11.6 Å². The summed E-state index contributed by atoms with van der Waals surface area (Å²) in [6.45, 7) is 0. The quantitative estimate of drug-likeness (QED) is 0.877. The summed E-state index contributed by atoms with van der Waals surface area (Å²) in [6, 6.07) is 4.26. The van der Waals surface area contributed by atoms with Crippen molar-refractivity contribution in [2.24, 2.45) is 0 Å². The van der Waals surface area contributed by atoms with E-state index in [0.29, 0.717) is 11.5 Å². The Morgan fingerprint density at radius 2 is 2.16 bits per heavy atom. The van der Waals surface area contributed by atoms with Crippen LogP contribution in [0, 0.1) is 5.82 Å². The van der Waals surface area contributed by atoms with Gasteiger partial charge in [-0.2, -0.15) is 0 Å². The largest absolute Gasteiger partial charge is 0.464 e. The predicted molar refractivity (Wildman–Crippen MR) is 68.1 cm³/mol. The summed E-state index contributed by atoms with van der Waals surface area (Å²) >= 11 is 5.57. The number of rotatable bonds is 3. The molecule has 0 saturated carbocycles. The van der Waals surface area contributed by atoms with Gasteiger partial charge in [-0.25, -0.2) is 19.2 Å². The van der Waals surface area contributed by atoms with Crippen LogP contribution in [0.25, 0.3) is 0 Å². The maximum atomic E-state index is 13.2. The van der Waals surface area contributed by atoms with Crippen molar-refractivity contribution in [1.82, 2.24) is 9.97 Å². The van der Waals surface area contributed by atoms with Crippen molar-refractivity contribution in [3.8, 4) is 0 Å². The Balaban J connectivity index is 2.15. The zero-order valence-electron chi connectivity index (χ0n) is 9.85. The van der Waals surface area contributed by atoms with E-state index in [-0.39, 0.29) is 10.7 Å². The van der Waals surface area contributed by atoms with Crippen molar-refractivity contribution in [2.45, 2.75) is 0 Å². The third-order valence-corrected chi connectivity index (χ3v) is 2.54. The van der Waals surface area contributed by atoms with Gasteiger partial charge >= 0.3 is 5.97 Å². The highest BCUT2D eigenvalue weighted by Crippen LogP contribution is 2.20. The molecule has 0 saturated heterocycles. The van der Waals surface area contributed by atoms with Gasteiger partial charge in [0.15, 0.2) is 5.69 Å². The summed E-state index contributed by atoms with van der Waals surface area (Å²) in [5, 5.41) is 2.87. The number of nitrogens with zero attached hydrogens (tertiary/aromatic N) is 2. The molecule has 19 heavy (non-hydrogen) atoms. The Hall–Kier alpha value is -2.21. The van der Waals surface area contributed by atoms with E-state index in [0.717, 1.165) is 0 Å². The summed E-state index contributed by atoms with van der Waals surface area (Å²) in [7, 11) is 1.26. The van der Waals surface area contributed by atoms with Crippen LogP contribution in [0.15, 0.2) is 30.6 Å². The third-order valence-electron chi connectivity index (χ3n) is 2.24. The molecule has 0 fully saturated rings. The molecule has 1 heterocycles. The zero-order valence-corrected chi connectivity index (χ0v) is 10.6. The second-order valence-electron chi connectivity index (χ2n) is 3.53. The van der Waals surface area contributed by atoms with Crippen molar-refractivity contribution in [3.63, 3.8) is 0 Å². The first-order valence-electron chi connectivity index (χ1n) is 5.22. The van der Waals surface area contributed by atoms with Crippen LogP contribution >= 0.6 is 11.6 Å². The van der Waals surface area contributed by atoms with E-state index < -0.39 is 11.8 Å². The number of hydrogen-bond donors (Lipinski definition) is 1. The lowest BCUT2D eigenvalue weighted by Gasteiger charge is -2.06. The molecule has 0 aliphatic heterocycles. The van der Waals surface area contributed by atoms with Crippen molar-refractivity contribution in [3.05, 3.63) is 47.1 Å². The number of carbonyl (C=O) groups excluding carboxylic acids is 1. The number of ether oxygens (including phenoxy) is 1. The predicted octanol–water partition coefficient (Wildman–Crippen LogP) is 2.80. The van der Waals surface area contributed by atoms with Crippen LogP contribution in [-0.2, 0) is 4.74 Å². The van der Waals surface area contributed by atoms with Crippen LogP contribution in [-0.4, -0.2) is 23.0 Å². The fourth-order valence-corrected chi connectivity index (χ4v) is 1.44. The molecule has 98 valence electrons. The number of methoxy groups -OCH3 is 1. The van der Waals surface area contributed by atoms with E-state index in [2.05, 4.69) is 20.0 Å². The Kier molecular flexibility index (Phi) is 3.91. The molecule has 0 amide bonds. The molecule has 5 nitrogen and oxygen atoms in total. The smallest absolute Gasteiger partial charge is 0.358 e. The van der Waals surface area contributed by atoms with Crippen molar-refractivity contribution in [2.75, 3.05) is 12.4 Å². The van der Waals surface area contributed by atoms with E-state index in [4.69, 9.17) is 11.6 Å². The minimum atomic E-state index is -0.573. The number of benzene rings is 1. The van der Waals surface area contributed by atoms with Crippen LogP contribution < -0.4 is 5.32 Å².